The summed E-state index contributed by atoms with van der Waals surface area (Å²) in [4.78, 5) is 2.37. The number of furan rings is 1. The molecule has 2 heteroatoms. The minimum Gasteiger partial charge on any atom is -0.455 e. The van der Waals surface area contributed by atoms with E-state index in [2.05, 4.69) is 211 Å². The first-order chi connectivity index (χ1) is 26.8. The van der Waals surface area contributed by atoms with Gasteiger partial charge in [0, 0.05) is 33.4 Å². The largest absolute Gasteiger partial charge is 0.455 e. The highest BCUT2D eigenvalue weighted by Gasteiger charge is 2.19. The van der Waals surface area contributed by atoms with E-state index in [1.807, 2.05) is 6.07 Å². The van der Waals surface area contributed by atoms with Gasteiger partial charge in [0.05, 0.1) is 0 Å². The molecule has 0 saturated heterocycles. The molecule has 0 bridgehead atoms. The maximum Gasteiger partial charge on any atom is 0.143 e. The van der Waals surface area contributed by atoms with Crippen molar-refractivity contribution in [3.05, 3.63) is 212 Å². The molecule has 9 aromatic carbocycles. The summed E-state index contributed by atoms with van der Waals surface area (Å²) in [5.74, 6) is 0. The van der Waals surface area contributed by atoms with Crippen LogP contribution in [-0.2, 0) is 0 Å². The van der Waals surface area contributed by atoms with Crippen LogP contribution >= 0.6 is 0 Å². The van der Waals surface area contributed by atoms with E-state index in [1.165, 1.54) is 38.8 Å². The average Bonchev–Trinajstić information content (AvgIpc) is 3.65. The number of rotatable bonds is 7. The zero-order valence-corrected chi connectivity index (χ0v) is 29.6. The Labute approximate surface area is 314 Å². The van der Waals surface area contributed by atoms with Crippen molar-refractivity contribution in [2.45, 2.75) is 0 Å². The Morgan fingerprint density at radius 3 is 1.48 bits per heavy atom. The highest BCUT2D eigenvalue weighted by molar-refractivity contribution is 6.23. The van der Waals surface area contributed by atoms with E-state index in [1.54, 1.807) is 0 Å². The third-order valence-corrected chi connectivity index (χ3v) is 10.5. The van der Waals surface area contributed by atoms with Crippen molar-refractivity contribution in [2.75, 3.05) is 4.90 Å². The molecule has 0 aliphatic carbocycles. The van der Waals surface area contributed by atoms with E-state index >= 15 is 0 Å². The van der Waals surface area contributed by atoms with E-state index < -0.39 is 0 Å². The quantitative estimate of drug-likeness (QED) is 0.166. The lowest BCUT2D eigenvalue weighted by molar-refractivity contribution is 0.670. The molecule has 0 spiro atoms. The van der Waals surface area contributed by atoms with Gasteiger partial charge < -0.3 is 9.32 Å². The second kappa shape index (κ2) is 13.4. The van der Waals surface area contributed by atoms with Gasteiger partial charge in [-0.1, -0.05) is 164 Å². The van der Waals surface area contributed by atoms with E-state index in [0.717, 1.165) is 55.5 Å². The van der Waals surface area contributed by atoms with Crippen LogP contribution in [-0.4, -0.2) is 0 Å². The molecule has 0 radical (unpaired) electrons. The van der Waals surface area contributed by atoms with Gasteiger partial charge in [-0.25, -0.2) is 0 Å². The maximum atomic E-state index is 6.65. The van der Waals surface area contributed by atoms with Crippen molar-refractivity contribution in [3.8, 4) is 44.5 Å². The van der Waals surface area contributed by atoms with Gasteiger partial charge in [-0.2, -0.15) is 0 Å². The zero-order valence-electron chi connectivity index (χ0n) is 29.6. The first kappa shape index (κ1) is 31.6. The van der Waals surface area contributed by atoms with E-state index in [-0.39, 0.29) is 0 Å². The van der Waals surface area contributed by atoms with Crippen LogP contribution in [0.3, 0.4) is 0 Å². The van der Waals surface area contributed by atoms with Gasteiger partial charge in [0.15, 0.2) is 0 Å². The molecule has 0 saturated carbocycles. The number of para-hydroxylation sites is 1. The van der Waals surface area contributed by atoms with Crippen LogP contribution in [0.15, 0.2) is 217 Å². The van der Waals surface area contributed by atoms with E-state index in [4.69, 9.17) is 4.42 Å². The van der Waals surface area contributed by atoms with Crippen LogP contribution in [0, 0.1) is 0 Å². The molecule has 2 nitrogen and oxygen atoms in total. The highest BCUT2D eigenvalue weighted by Crippen LogP contribution is 2.44. The molecule has 10 rings (SSSR count). The molecule has 0 fully saturated rings. The van der Waals surface area contributed by atoms with Gasteiger partial charge in [0.2, 0.25) is 0 Å². The molecule has 254 valence electrons. The number of hydrogen-bond donors (Lipinski definition) is 0. The molecule has 1 heterocycles. The van der Waals surface area contributed by atoms with Gasteiger partial charge in [0.1, 0.15) is 11.2 Å². The summed E-state index contributed by atoms with van der Waals surface area (Å²) in [6.45, 7) is 0. The average molecular weight is 690 g/mol. The Hall–Kier alpha value is -7.16. The van der Waals surface area contributed by atoms with Crippen molar-refractivity contribution in [2.24, 2.45) is 0 Å². The first-order valence-electron chi connectivity index (χ1n) is 18.4. The molecule has 0 unspecified atom stereocenters. The Kier molecular flexibility index (Phi) is 7.85. The van der Waals surface area contributed by atoms with Crippen LogP contribution in [0.25, 0.3) is 77.2 Å². The predicted molar refractivity (Wildman–Crippen MR) is 228 cm³/mol. The maximum absolute atomic E-state index is 6.65. The molecule has 0 aliphatic rings. The molecule has 0 amide bonds. The second-order valence-electron chi connectivity index (χ2n) is 13.7. The van der Waals surface area contributed by atoms with Crippen LogP contribution < -0.4 is 4.90 Å². The molecule has 54 heavy (non-hydrogen) atoms. The Bertz CT molecular complexity index is 2890. The molecular formula is C52H35NO. The Balaban J connectivity index is 1.13. The molecule has 1 aromatic heterocycles. The summed E-state index contributed by atoms with van der Waals surface area (Å²) in [6.07, 6.45) is 0. The Morgan fingerprint density at radius 2 is 0.815 bits per heavy atom. The predicted octanol–water partition coefficient (Wildman–Crippen LogP) is 14.9. The van der Waals surface area contributed by atoms with Crippen molar-refractivity contribution in [3.63, 3.8) is 0 Å². The van der Waals surface area contributed by atoms with Gasteiger partial charge in [-0.3, -0.25) is 0 Å². The summed E-state index contributed by atoms with van der Waals surface area (Å²) in [5.41, 5.74) is 14.4. The Morgan fingerprint density at radius 1 is 0.315 bits per heavy atom. The fourth-order valence-corrected chi connectivity index (χ4v) is 7.77. The van der Waals surface area contributed by atoms with E-state index in [9.17, 15) is 0 Å². The lowest BCUT2D eigenvalue weighted by atomic mass is 9.95. The summed E-state index contributed by atoms with van der Waals surface area (Å²) in [5, 5.41) is 4.58. The number of fused-ring (bicyclic) bond motifs is 5. The van der Waals surface area contributed by atoms with Gasteiger partial charge in [0.25, 0.3) is 0 Å². The molecule has 0 aliphatic heterocycles. The number of anilines is 3. The van der Waals surface area contributed by atoms with Crippen LogP contribution in [0.1, 0.15) is 0 Å². The first-order valence-corrected chi connectivity index (χ1v) is 18.4. The number of hydrogen-bond acceptors (Lipinski definition) is 2. The van der Waals surface area contributed by atoms with Crippen molar-refractivity contribution >= 4 is 49.8 Å². The van der Waals surface area contributed by atoms with Gasteiger partial charge in [-0.05, 0) is 98.2 Å². The fraction of sp³-hybridized carbons (Fsp3) is 0. The third-order valence-electron chi connectivity index (χ3n) is 10.5. The smallest absolute Gasteiger partial charge is 0.143 e. The van der Waals surface area contributed by atoms with E-state index in [0.29, 0.717) is 0 Å². The molecule has 10 aromatic rings. The zero-order chi connectivity index (χ0) is 35.8. The lowest BCUT2D eigenvalue weighted by Gasteiger charge is -2.27. The standard InChI is InChI=1S/C52H35NO/c1-4-13-36(14-5-1)38-23-25-39(26-24-38)40-27-30-44(31-28-40)53(45-20-12-19-42(33-45)37-15-6-2-7-16-37)46-32-29-43-34-49(41-17-8-3-9-18-41)52-51(48(43)35-46)47-21-10-11-22-50(47)54-52/h1-35H. The second-order valence-corrected chi connectivity index (χ2v) is 13.7. The van der Waals surface area contributed by atoms with Crippen molar-refractivity contribution in [1.82, 2.24) is 0 Å². The molecular weight excluding hydrogens is 655 g/mol. The van der Waals surface area contributed by atoms with Gasteiger partial charge >= 0.3 is 0 Å². The van der Waals surface area contributed by atoms with Crippen LogP contribution in [0.2, 0.25) is 0 Å². The number of benzene rings is 9. The topological polar surface area (TPSA) is 16.4 Å². The fourth-order valence-electron chi connectivity index (χ4n) is 7.77. The van der Waals surface area contributed by atoms with Crippen LogP contribution in [0.4, 0.5) is 17.1 Å². The lowest BCUT2D eigenvalue weighted by Crippen LogP contribution is -2.10. The summed E-state index contributed by atoms with van der Waals surface area (Å²) >= 11 is 0. The SMILES string of the molecule is c1ccc(-c2ccc(-c3ccc(N(c4cccc(-c5ccccc5)c4)c4ccc5cc(-c6ccccc6)c6oc7ccccc7c6c5c4)cc3)cc2)cc1. The summed E-state index contributed by atoms with van der Waals surface area (Å²) in [6, 6.07) is 75.8. The minimum atomic E-state index is 0.891. The highest BCUT2D eigenvalue weighted by atomic mass is 16.3. The monoisotopic (exact) mass is 689 g/mol. The third kappa shape index (κ3) is 5.71. The molecule has 0 N–H and O–H groups in total. The van der Waals surface area contributed by atoms with Gasteiger partial charge in [-0.15, -0.1) is 0 Å². The number of nitrogens with zero attached hydrogens (tertiary/aromatic N) is 1. The van der Waals surface area contributed by atoms with Crippen molar-refractivity contribution < 1.29 is 4.42 Å². The van der Waals surface area contributed by atoms with Crippen LogP contribution in [0.5, 0.6) is 0 Å². The van der Waals surface area contributed by atoms with Crippen molar-refractivity contribution in [1.29, 1.82) is 0 Å². The minimum absolute atomic E-state index is 0.891. The summed E-state index contributed by atoms with van der Waals surface area (Å²) in [7, 11) is 0. The summed E-state index contributed by atoms with van der Waals surface area (Å²) < 4.78 is 6.65. The normalized spacial score (nSPS) is 11.3. The molecule has 0 atom stereocenters.